The molecular weight excluding hydrogens is 360 g/mol. The van der Waals surface area contributed by atoms with E-state index in [-0.39, 0.29) is 0 Å². The first-order chi connectivity index (χ1) is 13.2. The van der Waals surface area contributed by atoms with E-state index in [9.17, 15) is 5.26 Å². The van der Waals surface area contributed by atoms with Crippen molar-refractivity contribution in [3.05, 3.63) is 77.3 Å². The van der Waals surface area contributed by atoms with E-state index in [1.165, 1.54) is 0 Å². The second-order valence-electron chi connectivity index (χ2n) is 5.74. The molecule has 6 nitrogen and oxygen atoms in total. The molecule has 130 valence electrons. The first-order valence-corrected chi connectivity index (χ1v) is 8.50. The monoisotopic (exact) mass is 372 g/mol. The van der Waals surface area contributed by atoms with E-state index in [2.05, 4.69) is 31.3 Å². The topological polar surface area (TPSA) is 90.3 Å². The molecule has 2 heterocycles. The van der Waals surface area contributed by atoms with Gasteiger partial charge in [0, 0.05) is 28.7 Å². The van der Waals surface area contributed by atoms with Crippen molar-refractivity contribution in [2.75, 3.05) is 5.32 Å². The van der Waals surface area contributed by atoms with Gasteiger partial charge >= 0.3 is 0 Å². The highest BCUT2D eigenvalue weighted by molar-refractivity contribution is 6.30. The van der Waals surface area contributed by atoms with Gasteiger partial charge in [-0.2, -0.15) is 5.26 Å². The lowest BCUT2D eigenvalue weighted by molar-refractivity contribution is 1.16. The molecule has 7 heteroatoms. The minimum Gasteiger partial charge on any atom is -0.337 e. The number of benzene rings is 2. The second kappa shape index (κ2) is 7.28. The number of hydrogen-bond acceptors (Lipinski definition) is 5. The van der Waals surface area contributed by atoms with Crippen molar-refractivity contribution in [1.29, 1.82) is 5.26 Å². The Bertz CT molecular complexity index is 1120. The van der Waals surface area contributed by atoms with Crippen molar-refractivity contribution >= 4 is 45.9 Å². The van der Waals surface area contributed by atoms with Crippen molar-refractivity contribution in [2.45, 2.75) is 0 Å². The number of nitrogens with zero attached hydrogens (tertiary/aromatic N) is 4. The predicted molar refractivity (Wildman–Crippen MR) is 106 cm³/mol. The summed E-state index contributed by atoms with van der Waals surface area (Å²) in [4.78, 5) is 16.2. The van der Waals surface area contributed by atoms with Crippen LogP contribution in [0.25, 0.3) is 22.7 Å². The maximum atomic E-state index is 9.50. The Kier molecular flexibility index (Phi) is 4.52. The summed E-state index contributed by atoms with van der Waals surface area (Å²) in [7, 11) is 0. The van der Waals surface area contributed by atoms with Gasteiger partial charge in [0.2, 0.25) is 5.95 Å². The Morgan fingerprint density at radius 3 is 2.52 bits per heavy atom. The van der Waals surface area contributed by atoms with Crippen molar-refractivity contribution in [3.8, 4) is 6.07 Å². The zero-order valence-electron chi connectivity index (χ0n) is 14.0. The Balaban J connectivity index is 1.56. The summed E-state index contributed by atoms with van der Waals surface area (Å²) in [5.41, 5.74) is 3.64. The number of halogens is 1. The lowest BCUT2D eigenvalue weighted by Gasteiger charge is -2.04. The Morgan fingerprint density at radius 2 is 1.81 bits per heavy atom. The fraction of sp³-hybridized carbons (Fsp3) is 0. The van der Waals surface area contributed by atoms with Gasteiger partial charge in [0.25, 0.3) is 0 Å². The molecular formula is C20H13ClN6. The SMILES string of the molecule is N#C/C(=C\c1cnc(Nc2ccc(Cl)cc2)nc1)c1nc2ccccc2[nH]1. The maximum Gasteiger partial charge on any atom is 0.227 e. The molecule has 0 radical (unpaired) electrons. The van der Waals surface area contributed by atoms with Crippen molar-refractivity contribution in [1.82, 2.24) is 19.9 Å². The number of H-pyrrole nitrogens is 1. The lowest BCUT2D eigenvalue weighted by Crippen LogP contribution is -1.96. The van der Waals surface area contributed by atoms with Crippen molar-refractivity contribution in [2.24, 2.45) is 0 Å². The molecule has 0 aliphatic heterocycles. The van der Waals surface area contributed by atoms with Crippen LogP contribution in [0.5, 0.6) is 0 Å². The fourth-order valence-corrected chi connectivity index (χ4v) is 2.67. The third-order valence-corrected chi connectivity index (χ3v) is 4.10. The van der Waals surface area contributed by atoms with Crippen molar-refractivity contribution in [3.63, 3.8) is 0 Å². The molecule has 0 fully saturated rings. The van der Waals surface area contributed by atoms with Crippen LogP contribution >= 0.6 is 11.6 Å². The summed E-state index contributed by atoms with van der Waals surface area (Å²) < 4.78 is 0. The Morgan fingerprint density at radius 1 is 1.07 bits per heavy atom. The minimum atomic E-state index is 0.410. The summed E-state index contributed by atoms with van der Waals surface area (Å²) in [6.07, 6.45) is 4.99. The number of aromatic amines is 1. The number of imidazole rings is 1. The van der Waals surface area contributed by atoms with Crippen LogP contribution < -0.4 is 5.32 Å². The highest BCUT2D eigenvalue weighted by Gasteiger charge is 2.08. The van der Waals surface area contributed by atoms with E-state index >= 15 is 0 Å². The normalized spacial score (nSPS) is 11.3. The summed E-state index contributed by atoms with van der Waals surface area (Å²) in [6.45, 7) is 0. The number of allylic oxidation sites excluding steroid dienone is 1. The van der Waals surface area contributed by atoms with Gasteiger partial charge in [-0.15, -0.1) is 0 Å². The quantitative estimate of drug-likeness (QED) is 0.501. The van der Waals surface area contributed by atoms with Gasteiger partial charge in [0.1, 0.15) is 11.9 Å². The van der Waals surface area contributed by atoms with Gasteiger partial charge in [0.05, 0.1) is 16.6 Å². The summed E-state index contributed by atoms with van der Waals surface area (Å²) in [5.74, 6) is 0.971. The number of anilines is 2. The molecule has 2 aromatic heterocycles. The molecule has 2 aromatic carbocycles. The Hall–Kier alpha value is -3.69. The molecule has 0 saturated carbocycles. The zero-order chi connectivity index (χ0) is 18.6. The number of rotatable bonds is 4. The second-order valence-corrected chi connectivity index (χ2v) is 6.18. The molecule has 0 amide bonds. The van der Waals surface area contributed by atoms with Gasteiger partial charge in [-0.1, -0.05) is 23.7 Å². The molecule has 0 unspecified atom stereocenters. The third kappa shape index (κ3) is 3.78. The van der Waals surface area contributed by atoms with Crippen LogP contribution in [0, 0.1) is 11.3 Å². The molecule has 2 N–H and O–H groups in total. The highest BCUT2D eigenvalue weighted by atomic mass is 35.5. The highest BCUT2D eigenvalue weighted by Crippen LogP contribution is 2.20. The van der Waals surface area contributed by atoms with E-state index in [4.69, 9.17) is 11.6 Å². The standard InChI is InChI=1S/C20H13ClN6/c21-15-5-7-16(8-6-15)25-20-23-11-13(12-24-20)9-14(10-22)19-26-17-3-1-2-4-18(17)27-19/h1-9,11-12H,(H,26,27)(H,23,24,25)/b14-9+. The average molecular weight is 373 g/mol. The molecule has 0 atom stereocenters. The fourth-order valence-electron chi connectivity index (χ4n) is 2.54. The number of hydrogen-bond donors (Lipinski definition) is 2. The van der Waals surface area contributed by atoms with Gasteiger partial charge in [-0.25, -0.2) is 15.0 Å². The van der Waals surface area contributed by atoms with Crippen LogP contribution in [0.1, 0.15) is 11.4 Å². The van der Waals surface area contributed by atoms with Gasteiger partial charge < -0.3 is 10.3 Å². The van der Waals surface area contributed by atoms with E-state index in [0.717, 1.165) is 16.7 Å². The van der Waals surface area contributed by atoms with Crippen LogP contribution in [0.3, 0.4) is 0 Å². The van der Waals surface area contributed by atoms with E-state index in [0.29, 0.717) is 27.9 Å². The van der Waals surface area contributed by atoms with Gasteiger partial charge in [-0.05, 0) is 42.5 Å². The summed E-state index contributed by atoms with van der Waals surface area (Å²) in [6, 6.07) is 17.1. The van der Waals surface area contributed by atoms with Crippen LogP contribution in [-0.2, 0) is 0 Å². The van der Waals surface area contributed by atoms with Gasteiger partial charge in [0.15, 0.2) is 0 Å². The summed E-state index contributed by atoms with van der Waals surface area (Å²) in [5, 5.41) is 13.2. The molecule has 0 aliphatic carbocycles. The van der Waals surface area contributed by atoms with Crippen LogP contribution in [0.2, 0.25) is 5.02 Å². The number of para-hydroxylation sites is 2. The minimum absolute atomic E-state index is 0.410. The molecule has 4 aromatic rings. The van der Waals surface area contributed by atoms with Crippen molar-refractivity contribution < 1.29 is 0 Å². The van der Waals surface area contributed by atoms with Crippen LogP contribution in [0.4, 0.5) is 11.6 Å². The molecule has 0 saturated heterocycles. The van der Waals surface area contributed by atoms with Gasteiger partial charge in [-0.3, -0.25) is 0 Å². The maximum absolute atomic E-state index is 9.50. The van der Waals surface area contributed by atoms with E-state index in [1.54, 1.807) is 30.6 Å². The first kappa shape index (κ1) is 16.8. The van der Waals surface area contributed by atoms with E-state index in [1.807, 2.05) is 36.4 Å². The first-order valence-electron chi connectivity index (χ1n) is 8.13. The molecule has 0 spiro atoms. The predicted octanol–water partition coefficient (Wildman–Crippen LogP) is 4.81. The smallest absolute Gasteiger partial charge is 0.227 e. The zero-order valence-corrected chi connectivity index (χ0v) is 14.8. The molecule has 27 heavy (non-hydrogen) atoms. The molecule has 4 rings (SSSR count). The average Bonchev–Trinajstić information content (AvgIpc) is 3.13. The third-order valence-electron chi connectivity index (χ3n) is 3.85. The largest absolute Gasteiger partial charge is 0.337 e. The number of nitriles is 1. The Labute approximate surface area is 160 Å². The number of nitrogens with one attached hydrogen (secondary N) is 2. The lowest BCUT2D eigenvalue weighted by atomic mass is 10.2. The molecule has 0 aliphatic rings. The van der Waals surface area contributed by atoms with Crippen LogP contribution in [-0.4, -0.2) is 19.9 Å². The molecule has 0 bridgehead atoms. The van der Waals surface area contributed by atoms with Crippen LogP contribution in [0.15, 0.2) is 60.9 Å². The number of aromatic nitrogens is 4. The summed E-state index contributed by atoms with van der Waals surface area (Å²) >= 11 is 5.87. The van der Waals surface area contributed by atoms with E-state index < -0.39 is 0 Å². The number of fused-ring (bicyclic) bond motifs is 1.